The number of rotatable bonds is 7. The van der Waals surface area contributed by atoms with Crippen molar-refractivity contribution in [3.63, 3.8) is 0 Å². The molecule has 174 valence electrons. The summed E-state index contributed by atoms with van der Waals surface area (Å²) in [6.07, 6.45) is 5.42. The van der Waals surface area contributed by atoms with Gasteiger partial charge in [-0.2, -0.15) is 4.31 Å². The minimum absolute atomic E-state index is 0.116. The summed E-state index contributed by atoms with van der Waals surface area (Å²) in [5.74, 6) is -0.254. The Morgan fingerprint density at radius 2 is 1.77 bits per heavy atom. The van der Waals surface area contributed by atoms with Gasteiger partial charge in [-0.3, -0.25) is 9.69 Å². The molecule has 3 rings (SSSR count). The minimum Gasteiger partial charge on any atom is -0.325 e. The molecule has 2 heterocycles. The first-order chi connectivity index (χ1) is 14.5. The Morgan fingerprint density at radius 1 is 1.06 bits per heavy atom. The van der Waals surface area contributed by atoms with E-state index >= 15 is 0 Å². The molecule has 1 unspecified atom stereocenters. The Morgan fingerprint density at radius 3 is 2.45 bits per heavy atom. The lowest BCUT2D eigenvalue weighted by atomic mass is 10.1. The van der Waals surface area contributed by atoms with Crippen LogP contribution in [-0.2, 0) is 24.8 Å². The number of aryl methyl sites for hydroxylation is 1. The van der Waals surface area contributed by atoms with Crippen LogP contribution in [0.4, 0.5) is 5.69 Å². The maximum Gasteiger partial charge on any atom is 0.243 e. The molecule has 0 radical (unpaired) electrons. The van der Waals surface area contributed by atoms with E-state index in [9.17, 15) is 21.6 Å². The molecule has 0 saturated carbocycles. The molecule has 0 aromatic heterocycles. The molecule has 11 heteroatoms. The van der Waals surface area contributed by atoms with Crippen molar-refractivity contribution in [2.24, 2.45) is 0 Å². The van der Waals surface area contributed by atoms with Crippen molar-refractivity contribution < 1.29 is 21.6 Å². The summed E-state index contributed by atoms with van der Waals surface area (Å²) in [6.45, 7) is 4.15. The molecule has 2 aliphatic rings. The van der Waals surface area contributed by atoms with Crippen molar-refractivity contribution in [1.29, 1.82) is 0 Å². The van der Waals surface area contributed by atoms with Crippen molar-refractivity contribution in [3.8, 4) is 0 Å². The quantitative estimate of drug-likeness (QED) is 0.614. The van der Waals surface area contributed by atoms with Gasteiger partial charge in [0.25, 0.3) is 0 Å². The number of nitrogens with zero attached hydrogens (tertiary/aromatic N) is 2. The number of likely N-dealkylation sites (tertiary alicyclic amines) is 1. The van der Waals surface area contributed by atoms with Gasteiger partial charge in [0.2, 0.25) is 26.0 Å². The van der Waals surface area contributed by atoms with Crippen molar-refractivity contribution in [2.45, 2.75) is 50.0 Å². The molecule has 1 atom stereocenters. The topological polar surface area (TPSA) is 116 Å². The Kier molecular flexibility index (Phi) is 7.74. The van der Waals surface area contributed by atoms with Crippen LogP contribution in [0.15, 0.2) is 23.1 Å². The first-order valence-corrected chi connectivity index (χ1v) is 14.0. The monoisotopic (exact) mass is 472 g/mol. The highest BCUT2D eigenvalue weighted by Crippen LogP contribution is 2.25. The SMILES string of the molecule is Cc1ccc(S(=O)(=O)N2CCCCC2)cc1NC(=O)CN1CCCC(NS(C)(=O)=O)C1. The summed E-state index contributed by atoms with van der Waals surface area (Å²) in [6, 6.07) is 4.61. The number of benzene rings is 1. The Hall–Kier alpha value is -1.53. The molecule has 2 aliphatic heterocycles. The number of carbonyl (C=O) groups excluding carboxylic acids is 1. The van der Waals surface area contributed by atoms with E-state index in [0.717, 1.165) is 43.9 Å². The van der Waals surface area contributed by atoms with E-state index in [1.165, 1.54) is 10.4 Å². The lowest BCUT2D eigenvalue weighted by Gasteiger charge is -2.32. The summed E-state index contributed by atoms with van der Waals surface area (Å²) in [5, 5.41) is 2.83. The van der Waals surface area contributed by atoms with Crippen LogP contribution in [-0.4, -0.2) is 77.0 Å². The summed E-state index contributed by atoms with van der Waals surface area (Å²) < 4.78 is 53.0. The summed E-state index contributed by atoms with van der Waals surface area (Å²) in [4.78, 5) is 14.7. The van der Waals surface area contributed by atoms with Crippen molar-refractivity contribution >= 4 is 31.6 Å². The van der Waals surface area contributed by atoms with E-state index in [-0.39, 0.29) is 23.4 Å². The highest BCUT2D eigenvalue weighted by molar-refractivity contribution is 7.89. The smallest absolute Gasteiger partial charge is 0.243 e. The lowest BCUT2D eigenvalue weighted by Crippen LogP contribution is -2.49. The average Bonchev–Trinajstić information content (AvgIpc) is 2.69. The summed E-state index contributed by atoms with van der Waals surface area (Å²) in [7, 11) is -6.88. The summed E-state index contributed by atoms with van der Waals surface area (Å²) >= 11 is 0. The van der Waals surface area contributed by atoms with Gasteiger partial charge >= 0.3 is 0 Å². The standard InChI is InChI=1S/C20H32N4O5S2/c1-16-8-9-18(31(28,29)24-11-4-3-5-12-24)13-19(16)21-20(25)15-23-10-6-7-17(14-23)22-30(2,26)27/h8-9,13,17,22H,3-7,10-12,14-15H2,1-2H3,(H,21,25). The van der Waals surface area contributed by atoms with Gasteiger partial charge in [0.1, 0.15) is 0 Å². The molecule has 31 heavy (non-hydrogen) atoms. The molecule has 2 fully saturated rings. The lowest BCUT2D eigenvalue weighted by molar-refractivity contribution is -0.117. The van der Waals surface area contributed by atoms with Gasteiger partial charge in [0.15, 0.2) is 0 Å². The van der Waals surface area contributed by atoms with Crippen LogP contribution >= 0.6 is 0 Å². The highest BCUT2D eigenvalue weighted by Gasteiger charge is 2.27. The number of hydrogen-bond acceptors (Lipinski definition) is 6. The third kappa shape index (κ3) is 6.72. The van der Waals surface area contributed by atoms with E-state index in [1.807, 2.05) is 11.8 Å². The second-order valence-electron chi connectivity index (χ2n) is 8.45. The largest absolute Gasteiger partial charge is 0.325 e. The Balaban J connectivity index is 1.65. The molecular weight excluding hydrogens is 440 g/mol. The zero-order valence-electron chi connectivity index (χ0n) is 18.1. The number of sulfonamides is 2. The number of nitrogens with one attached hydrogen (secondary N) is 2. The molecule has 2 N–H and O–H groups in total. The van der Waals surface area contributed by atoms with Gasteiger partial charge in [0, 0.05) is 31.4 Å². The van der Waals surface area contributed by atoms with Crippen LogP contribution in [0.3, 0.4) is 0 Å². The highest BCUT2D eigenvalue weighted by atomic mass is 32.2. The zero-order chi connectivity index (χ0) is 22.6. The first-order valence-electron chi connectivity index (χ1n) is 10.6. The van der Waals surface area contributed by atoms with E-state index in [1.54, 1.807) is 12.1 Å². The van der Waals surface area contributed by atoms with Crippen LogP contribution in [0.1, 0.15) is 37.7 Å². The third-order valence-corrected chi connectivity index (χ3v) is 8.35. The molecule has 0 spiro atoms. The van der Waals surface area contributed by atoms with Crippen LogP contribution < -0.4 is 10.0 Å². The van der Waals surface area contributed by atoms with Crippen LogP contribution in [0.2, 0.25) is 0 Å². The van der Waals surface area contributed by atoms with Gasteiger partial charge in [-0.1, -0.05) is 12.5 Å². The molecule has 1 aromatic carbocycles. The minimum atomic E-state index is -3.58. The Bertz CT molecular complexity index is 1000. The molecule has 1 amide bonds. The van der Waals surface area contributed by atoms with Crippen LogP contribution in [0.5, 0.6) is 0 Å². The van der Waals surface area contributed by atoms with Gasteiger partial charge in [0.05, 0.1) is 17.7 Å². The predicted octanol–water partition coefficient (Wildman–Crippen LogP) is 1.12. The van der Waals surface area contributed by atoms with E-state index in [4.69, 9.17) is 0 Å². The molecule has 0 aliphatic carbocycles. The fourth-order valence-corrected chi connectivity index (χ4v) is 6.48. The fraction of sp³-hybridized carbons (Fsp3) is 0.650. The number of anilines is 1. The molecule has 2 saturated heterocycles. The maximum atomic E-state index is 13.0. The van der Waals surface area contributed by atoms with Crippen molar-refractivity contribution in [2.75, 3.05) is 44.3 Å². The van der Waals surface area contributed by atoms with Crippen LogP contribution in [0, 0.1) is 6.92 Å². The number of piperidine rings is 2. The van der Waals surface area contributed by atoms with Gasteiger partial charge in [-0.05, 0) is 56.8 Å². The maximum absolute atomic E-state index is 13.0. The number of amides is 1. The third-order valence-electron chi connectivity index (χ3n) is 5.69. The van der Waals surface area contributed by atoms with Gasteiger partial charge < -0.3 is 5.32 Å². The number of carbonyl (C=O) groups is 1. The van der Waals surface area contributed by atoms with Crippen molar-refractivity contribution in [1.82, 2.24) is 13.9 Å². The molecule has 0 bridgehead atoms. The molecule has 1 aromatic rings. The van der Waals surface area contributed by atoms with Gasteiger partial charge in [-0.25, -0.2) is 21.6 Å². The molecular formula is C20H32N4O5S2. The second kappa shape index (κ2) is 9.95. The Labute approximate surface area is 185 Å². The van der Waals surface area contributed by atoms with Crippen LogP contribution in [0.25, 0.3) is 0 Å². The van der Waals surface area contributed by atoms with Crippen molar-refractivity contribution in [3.05, 3.63) is 23.8 Å². The van der Waals surface area contributed by atoms with E-state index < -0.39 is 20.0 Å². The second-order valence-corrected chi connectivity index (χ2v) is 12.2. The number of hydrogen-bond donors (Lipinski definition) is 2. The van der Waals surface area contributed by atoms with Gasteiger partial charge in [-0.15, -0.1) is 0 Å². The molecule has 9 nitrogen and oxygen atoms in total. The zero-order valence-corrected chi connectivity index (χ0v) is 19.8. The fourth-order valence-electron chi connectivity index (χ4n) is 4.14. The average molecular weight is 473 g/mol. The first kappa shape index (κ1) is 24.1. The van der Waals surface area contributed by atoms with E-state index in [0.29, 0.717) is 31.9 Å². The normalized spacial score (nSPS) is 21.7. The summed E-state index contributed by atoms with van der Waals surface area (Å²) in [5.41, 5.74) is 1.26. The predicted molar refractivity (Wildman–Crippen MR) is 120 cm³/mol. The van der Waals surface area contributed by atoms with E-state index in [2.05, 4.69) is 10.0 Å².